The maximum absolute atomic E-state index is 12.2. The Bertz CT molecular complexity index is 926. The van der Waals surface area contributed by atoms with Gasteiger partial charge < -0.3 is 14.6 Å². The van der Waals surface area contributed by atoms with Crippen LogP contribution in [0.15, 0.2) is 41.8 Å². The van der Waals surface area contributed by atoms with E-state index in [0.29, 0.717) is 18.7 Å². The zero-order valence-corrected chi connectivity index (χ0v) is 13.9. The van der Waals surface area contributed by atoms with Crippen molar-refractivity contribution in [3.05, 3.63) is 52.3 Å². The van der Waals surface area contributed by atoms with Gasteiger partial charge in [0.15, 0.2) is 6.29 Å². The van der Waals surface area contributed by atoms with E-state index in [1.165, 1.54) is 29.2 Å². The molecule has 2 fully saturated rings. The molecule has 11 nitrogen and oxygen atoms in total. The van der Waals surface area contributed by atoms with Gasteiger partial charge in [-0.15, -0.1) is 0 Å². The van der Waals surface area contributed by atoms with E-state index >= 15 is 0 Å². The molecule has 0 saturated carbocycles. The number of phenols is 1. The van der Waals surface area contributed by atoms with Gasteiger partial charge in [-0.05, 0) is 18.2 Å². The Morgan fingerprint density at radius 3 is 3.07 bits per heavy atom. The minimum atomic E-state index is -0.679. The van der Waals surface area contributed by atoms with Crippen LogP contribution < -0.4 is 5.43 Å². The van der Waals surface area contributed by atoms with Crippen LogP contribution in [-0.2, 0) is 9.47 Å². The number of amides is 1. The van der Waals surface area contributed by atoms with Gasteiger partial charge in [0.25, 0.3) is 5.91 Å². The number of aromatic nitrogens is 2. The third-order valence-corrected chi connectivity index (χ3v) is 4.38. The lowest BCUT2D eigenvalue weighted by Gasteiger charge is -2.28. The molecule has 3 heterocycles. The first kappa shape index (κ1) is 17.1. The molecule has 2 saturated heterocycles. The summed E-state index contributed by atoms with van der Waals surface area (Å²) in [5.74, 6) is -0.525. The highest BCUT2D eigenvalue weighted by Gasteiger charge is 2.43. The smallest absolute Gasteiger partial charge is 0.307 e. The molecular weight excluding hydrogens is 358 g/mol. The molecule has 2 N–H and O–H groups in total. The molecule has 1 aromatic carbocycles. The Morgan fingerprint density at radius 1 is 1.48 bits per heavy atom. The summed E-state index contributed by atoms with van der Waals surface area (Å²) >= 11 is 0. The Hall–Kier alpha value is -3.31. The average Bonchev–Trinajstić information content (AvgIpc) is 3.30. The molecule has 2 aliphatic rings. The standard InChI is InChI=1S/C16H15N5O6/c22-11-3-1-2-9(4-11)15(23)19-18-12-5-13(14-8-26-16(12)27-14)20-7-10(6-17-20)21(24)25/h1-4,6-7,13-14,16,22H,5,8H2,(H,19,23)/b18-12-. The van der Waals surface area contributed by atoms with Crippen molar-refractivity contribution >= 4 is 17.3 Å². The summed E-state index contributed by atoms with van der Waals surface area (Å²) in [5, 5.41) is 28.4. The van der Waals surface area contributed by atoms with Crippen molar-refractivity contribution in [2.24, 2.45) is 5.10 Å². The minimum absolute atomic E-state index is 0.0291. The molecule has 0 aliphatic carbocycles. The normalized spacial score (nSPS) is 25.5. The van der Waals surface area contributed by atoms with Gasteiger partial charge in [-0.3, -0.25) is 19.6 Å². The number of hydrazone groups is 1. The van der Waals surface area contributed by atoms with Gasteiger partial charge in [0.05, 0.1) is 23.3 Å². The first-order valence-electron chi connectivity index (χ1n) is 8.12. The van der Waals surface area contributed by atoms with E-state index in [1.54, 1.807) is 12.1 Å². The number of hydrogen-bond donors (Lipinski definition) is 2. The number of carbonyl (C=O) groups excluding carboxylic acids is 1. The number of aromatic hydroxyl groups is 1. The molecule has 0 spiro atoms. The summed E-state index contributed by atoms with van der Waals surface area (Å²) in [6.45, 7) is 0.294. The number of phenolic OH excluding ortho intramolecular Hbond substituents is 1. The van der Waals surface area contributed by atoms with E-state index in [1.807, 2.05) is 0 Å². The van der Waals surface area contributed by atoms with E-state index in [9.17, 15) is 20.0 Å². The molecule has 2 aliphatic heterocycles. The Morgan fingerprint density at radius 2 is 2.33 bits per heavy atom. The second kappa shape index (κ2) is 6.78. The highest BCUT2D eigenvalue weighted by atomic mass is 16.7. The van der Waals surface area contributed by atoms with E-state index in [-0.39, 0.29) is 29.1 Å². The number of nitrogens with zero attached hydrogens (tertiary/aromatic N) is 4. The van der Waals surface area contributed by atoms with Gasteiger partial charge in [0.2, 0.25) is 0 Å². The SMILES string of the molecule is O=C(N/N=C1/CC(n2cc([N+](=O)[O-])cn2)C2COC1O2)c1cccc(O)c1. The zero-order valence-electron chi connectivity index (χ0n) is 13.9. The Balaban J connectivity index is 1.51. The first-order chi connectivity index (χ1) is 13.0. The second-order valence-electron chi connectivity index (χ2n) is 6.14. The zero-order chi connectivity index (χ0) is 19.0. The Kier molecular flexibility index (Phi) is 4.30. The highest BCUT2D eigenvalue weighted by molar-refractivity contribution is 5.96. The summed E-state index contributed by atoms with van der Waals surface area (Å²) in [5.41, 5.74) is 2.99. The van der Waals surface area contributed by atoms with Gasteiger partial charge >= 0.3 is 5.69 Å². The van der Waals surface area contributed by atoms with Crippen LogP contribution in [0.25, 0.3) is 0 Å². The lowest BCUT2D eigenvalue weighted by molar-refractivity contribution is -0.385. The van der Waals surface area contributed by atoms with Gasteiger partial charge in [0, 0.05) is 12.0 Å². The molecular formula is C16H15N5O6. The fourth-order valence-electron chi connectivity index (χ4n) is 3.04. The highest BCUT2D eigenvalue weighted by Crippen LogP contribution is 2.33. The predicted octanol–water partition coefficient (Wildman–Crippen LogP) is 0.969. The van der Waals surface area contributed by atoms with Gasteiger partial charge in [-0.1, -0.05) is 6.07 Å². The van der Waals surface area contributed by atoms with Crippen LogP contribution in [0.3, 0.4) is 0 Å². The lowest BCUT2D eigenvalue weighted by atomic mass is 10.0. The van der Waals surface area contributed by atoms with Gasteiger partial charge in [-0.25, -0.2) is 5.43 Å². The van der Waals surface area contributed by atoms with Gasteiger partial charge in [0.1, 0.15) is 24.2 Å². The van der Waals surface area contributed by atoms with Crippen molar-refractivity contribution in [2.75, 3.05) is 6.61 Å². The molecule has 11 heteroatoms. The fourth-order valence-corrected chi connectivity index (χ4v) is 3.04. The van der Waals surface area contributed by atoms with Gasteiger partial charge in [-0.2, -0.15) is 10.2 Å². The number of rotatable bonds is 4. The third-order valence-electron chi connectivity index (χ3n) is 4.38. The third kappa shape index (κ3) is 3.37. The summed E-state index contributed by atoms with van der Waals surface area (Å²) < 4.78 is 12.7. The van der Waals surface area contributed by atoms with Crippen molar-refractivity contribution in [3.8, 4) is 5.75 Å². The van der Waals surface area contributed by atoms with E-state index in [0.717, 1.165) is 0 Å². The Labute approximate surface area is 152 Å². The summed E-state index contributed by atoms with van der Waals surface area (Å²) in [6, 6.07) is 5.53. The molecule has 1 amide bonds. The van der Waals surface area contributed by atoms with Crippen molar-refractivity contribution in [3.63, 3.8) is 0 Å². The van der Waals surface area contributed by atoms with Crippen molar-refractivity contribution < 1.29 is 24.3 Å². The lowest BCUT2D eigenvalue weighted by Crippen LogP contribution is -2.38. The number of carbonyl (C=O) groups is 1. The van der Waals surface area contributed by atoms with E-state index in [2.05, 4.69) is 15.6 Å². The molecule has 3 atom stereocenters. The minimum Gasteiger partial charge on any atom is -0.508 e. The monoisotopic (exact) mass is 373 g/mol. The van der Waals surface area contributed by atoms with Crippen molar-refractivity contribution in [2.45, 2.75) is 24.9 Å². The van der Waals surface area contributed by atoms with Crippen molar-refractivity contribution in [1.29, 1.82) is 0 Å². The largest absolute Gasteiger partial charge is 0.508 e. The van der Waals surface area contributed by atoms with Crippen LogP contribution >= 0.6 is 0 Å². The molecule has 0 radical (unpaired) electrons. The summed E-state index contributed by atoms with van der Waals surface area (Å²) in [4.78, 5) is 22.5. The van der Waals surface area contributed by atoms with Crippen LogP contribution in [0.5, 0.6) is 5.75 Å². The summed E-state index contributed by atoms with van der Waals surface area (Å²) in [7, 11) is 0. The van der Waals surface area contributed by atoms with Crippen molar-refractivity contribution in [1.82, 2.24) is 15.2 Å². The number of hydrogen-bond acceptors (Lipinski definition) is 8. The second-order valence-corrected chi connectivity index (χ2v) is 6.14. The number of benzene rings is 1. The maximum Gasteiger partial charge on any atom is 0.307 e. The number of fused-ring (bicyclic) bond motifs is 2. The quantitative estimate of drug-likeness (QED) is 0.601. The van der Waals surface area contributed by atoms with Crippen LogP contribution in [0, 0.1) is 10.1 Å². The molecule has 4 rings (SSSR count). The average molecular weight is 373 g/mol. The van der Waals surface area contributed by atoms with Crippen LogP contribution in [0.2, 0.25) is 0 Å². The van der Waals surface area contributed by atoms with Crippen LogP contribution in [0.1, 0.15) is 22.8 Å². The number of nitrogens with one attached hydrogen (secondary N) is 1. The molecule has 3 unspecified atom stereocenters. The van der Waals surface area contributed by atoms with E-state index in [4.69, 9.17) is 9.47 Å². The van der Waals surface area contributed by atoms with E-state index < -0.39 is 17.1 Å². The maximum atomic E-state index is 12.2. The fraction of sp³-hybridized carbons (Fsp3) is 0.312. The molecule has 2 bridgehead atoms. The molecule has 2 aromatic rings. The first-order valence-corrected chi connectivity index (χ1v) is 8.12. The number of ether oxygens (including phenoxy) is 2. The predicted molar refractivity (Wildman–Crippen MR) is 90.2 cm³/mol. The molecule has 27 heavy (non-hydrogen) atoms. The molecule has 140 valence electrons. The number of nitro groups is 1. The van der Waals surface area contributed by atoms with Crippen LogP contribution in [0.4, 0.5) is 5.69 Å². The molecule has 1 aromatic heterocycles. The summed E-state index contributed by atoms with van der Waals surface area (Å²) in [6.07, 6.45) is 1.86. The van der Waals surface area contributed by atoms with Crippen LogP contribution in [-0.4, -0.2) is 50.4 Å². The topological polar surface area (TPSA) is 141 Å².